The Morgan fingerprint density at radius 3 is 2.64 bits per heavy atom. The van der Waals surface area contributed by atoms with Crippen molar-refractivity contribution in [2.24, 2.45) is 0 Å². The zero-order valence-corrected chi connectivity index (χ0v) is 14.6. The maximum absolute atomic E-state index is 12.7. The number of rotatable bonds is 3. The van der Waals surface area contributed by atoms with Crippen LogP contribution in [0, 0.1) is 0 Å². The van der Waals surface area contributed by atoms with E-state index in [4.69, 9.17) is 0 Å². The molecular formula is C17H23N5O3. The number of fused-ring (bicyclic) bond motifs is 1. The molecule has 3 heterocycles. The van der Waals surface area contributed by atoms with Crippen LogP contribution in [0.5, 0.6) is 0 Å². The van der Waals surface area contributed by atoms with Crippen molar-refractivity contribution in [3.8, 4) is 0 Å². The Bertz CT molecular complexity index is 739. The van der Waals surface area contributed by atoms with E-state index in [0.717, 1.165) is 28.3 Å². The van der Waals surface area contributed by atoms with E-state index in [9.17, 15) is 14.4 Å². The lowest BCUT2D eigenvalue weighted by atomic mass is 9.80. The number of amides is 4. The monoisotopic (exact) mass is 345 g/mol. The van der Waals surface area contributed by atoms with Crippen LogP contribution in [-0.2, 0) is 22.6 Å². The van der Waals surface area contributed by atoms with Crippen LogP contribution in [-0.4, -0.2) is 69.4 Å². The van der Waals surface area contributed by atoms with Crippen molar-refractivity contribution in [1.82, 2.24) is 24.9 Å². The van der Waals surface area contributed by atoms with Gasteiger partial charge in [0.2, 0.25) is 5.91 Å². The molecule has 2 fully saturated rings. The molecule has 1 saturated carbocycles. The molecule has 1 N–H and O–H groups in total. The summed E-state index contributed by atoms with van der Waals surface area (Å²) in [6.45, 7) is 1.16. The molecule has 0 unspecified atom stereocenters. The quantitative estimate of drug-likeness (QED) is 0.822. The number of hydrogen-bond donors (Lipinski definition) is 1. The van der Waals surface area contributed by atoms with Gasteiger partial charge in [0.25, 0.3) is 5.91 Å². The molecule has 4 amide bonds. The molecule has 0 spiro atoms. The van der Waals surface area contributed by atoms with Gasteiger partial charge in [-0.05, 0) is 12.8 Å². The molecule has 3 aliphatic rings. The molecule has 2 aliphatic heterocycles. The number of carbonyl (C=O) groups is 3. The zero-order chi connectivity index (χ0) is 17.7. The summed E-state index contributed by atoms with van der Waals surface area (Å²) >= 11 is 0. The van der Waals surface area contributed by atoms with Crippen LogP contribution in [0.4, 0.5) is 4.79 Å². The summed E-state index contributed by atoms with van der Waals surface area (Å²) in [4.78, 5) is 41.0. The van der Waals surface area contributed by atoms with E-state index in [2.05, 4.69) is 10.2 Å². The third-order valence-electron chi connectivity index (χ3n) is 5.85. The fraction of sp³-hybridized carbons (Fsp3) is 0.647. The van der Waals surface area contributed by atoms with Gasteiger partial charge in [0.15, 0.2) is 0 Å². The maximum Gasteiger partial charge on any atom is 0.326 e. The van der Waals surface area contributed by atoms with Gasteiger partial charge < -0.3 is 9.80 Å². The normalized spacial score (nSPS) is 23.9. The van der Waals surface area contributed by atoms with E-state index < -0.39 is 6.04 Å². The van der Waals surface area contributed by atoms with Crippen LogP contribution in [0.2, 0.25) is 0 Å². The largest absolute Gasteiger partial charge is 0.338 e. The fourth-order valence-electron chi connectivity index (χ4n) is 3.92. The second-order valence-electron chi connectivity index (χ2n) is 7.27. The van der Waals surface area contributed by atoms with Gasteiger partial charge >= 0.3 is 6.03 Å². The van der Waals surface area contributed by atoms with E-state index in [-0.39, 0.29) is 24.3 Å². The number of nitrogens with one attached hydrogen (secondary N) is 1. The van der Waals surface area contributed by atoms with Gasteiger partial charge in [-0.3, -0.25) is 19.6 Å². The second kappa shape index (κ2) is 5.86. The van der Waals surface area contributed by atoms with Crippen LogP contribution in [0.25, 0.3) is 0 Å². The van der Waals surface area contributed by atoms with Gasteiger partial charge in [0, 0.05) is 50.8 Å². The maximum atomic E-state index is 12.7. The number of nitrogens with zero attached hydrogens (tertiary/aromatic N) is 4. The third-order valence-corrected chi connectivity index (χ3v) is 5.85. The summed E-state index contributed by atoms with van der Waals surface area (Å²) in [5.74, 6) is 0.126. The average molecular weight is 345 g/mol. The van der Waals surface area contributed by atoms with E-state index >= 15 is 0 Å². The van der Waals surface area contributed by atoms with E-state index in [1.54, 1.807) is 11.9 Å². The van der Waals surface area contributed by atoms with Gasteiger partial charge in [-0.2, -0.15) is 5.10 Å². The molecule has 4 rings (SSSR count). The Kier molecular flexibility index (Phi) is 3.77. The SMILES string of the molecule is CN1C(=O)[C@H](CC(=O)N2CCc3[nH]nc(C4CCC4)c3C2)N(C)C1=O. The predicted molar refractivity (Wildman–Crippen MR) is 88.6 cm³/mol. The van der Waals surface area contributed by atoms with E-state index in [0.29, 0.717) is 19.0 Å². The third kappa shape index (κ3) is 2.51. The van der Waals surface area contributed by atoms with Crippen molar-refractivity contribution in [1.29, 1.82) is 0 Å². The average Bonchev–Trinajstić information content (AvgIpc) is 3.04. The molecule has 1 atom stereocenters. The Hall–Kier alpha value is -2.38. The number of urea groups is 1. The number of H-pyrrole nitrogens is 1. The molecule has 0 aromatic carbocycles. The van der Waals surface area contributed by atoms with Crippen LogP contribution in [0.15, 0.2) is 0 Å². The summed E-state index contributed by atoms with van der Waals surface area (Å²) in [6.07, 6.45) is 4.38. The topological polar surface area (TPSA) is 89.6 Å². The molecule has 0 bridgehead atoms. The van der Waals surface area contributed by atoms with E-state index in [1.165, 1.54) is 31.2 Å². The lowest BCUT2D eigenvalue weighted by Crippen LogP contribution is -2.41. The summed E-state index contributed by atoms with van der Waals surface area (Å²) in [5.41, 5.74) is 3.40. The fourth-order valence-corrected chi connectivity index (χ4v) is 3.92. The number of imide groups is 1. The minimum atomic E-state index is -0.693. The Balaban J connectivity index is 1.46. The highest BCUT2D eigenvalue weighted by Gasteiger charge is 2.42. The first kappa shape index (κ1) is 16.1. The molecule has 1 aromatic rings. The molecule has 8 nitrogen and oxygen atoms in total. The van der Waals surface area contributed by atoms with Crippen molar-refractivity contribution < 1.29 is 14.4 Å². The molecule has 134 valence electrons. The van der Waals surface area contributed by atoms with E-state index in [1.807, 2.05) is 0 Å². The Labute approximate surface area is 146 Å². The second-order valence-corrected chi connectivity index (χ2v) is 7.27. The summed E-state index contributed by atoms with van der Waals surface area (Å²) < 4.78 is 0. The Morgan fingerprint density at radius 1 is 1.28 bits per heavy atom. The minimum Gasteiger partial charge on any atom is -0.338 e. The lowest BCUT2D eigenvalue weighted by Gasteiger charge is -2.31. The standard InChI is InChI=1S/C17H23N5O3/c1-20-13(16(24)21(2)17(20)25)8-14(23)22-7-6-12-11(9-22)15(19-18-12)10-4-3-5-10/h10,13H,3-9H2,1-2H3,(H,18,19)/t13-/m0/s1. The molecule has 1 aliphatic carbocycles. The number of likely N-dealkylation sites (N-methyl/N-ethyl adjacent to an activating group) is 2. The van der Waals surface area contributed by atoms with Gasteiger partial charge in [-0.1, -0.05) is 6.42 Å². The van der Waals surface area contributed by atoms with Crippen molar-refractivity contribution in [2.75, 3.05) is 20.6 Å². The van der Waals surface area contributed by atoms with Crippen LogP contribution >= 0.6 is 0 Å². The molecule has 8 heteroatoms. The zero-order valence-electron chi connectivity index (χ0n) is 14.6. The van der Waals surface area contributed by atoms with Crippen LogP contribution in [0.3, 0.4) is 0 Å². The first-order valence-corrected chi connectivity index (χ1v) is 8.85. The van der Waals surface area contributed by atoms with Gasteiger partial charge in [0.05, 0.1) is 12.1 Å². The number of aromatic nitrogens is 2. The predicted octanol–water partition coefficient (Wildman–Crippen LogP) is 0.844. The molecule has 1 aromatic heterocycles. The number of aromatic amines is 1. The van der Waals surface area contributed by atoms with Crippen LogP contribution in [0.1, 0.15) is 48.6 Å². The highest BCUT2D eigenvalue weighted by atomic mass is 16.2. The smallest absolute Gasteiger partial charge is 0.326 e. The highest BCUT2D eigenvalue weighted by molar-refractivity contribution is 6.05. The van der Waals surface area contributed by atoms with Gasteiger partial charge in [-0.15, -0.1) is 0 Å². The highest BCUT2D eigenvalue weighted by Crippen LogP contribution is 2.38. The van der Waals surface area contributed by atoms with Crippen LogP contribution < -0.4 is 0 Å². The minimum absolute atomic E-state index is 0.0390. The molecule has 1 saturated heterocycles. The summed E-state index contributed by atoms with van der Waals surface area (Å²) in [5, 5.41) is 7.62. The Morgan fingerprint density at radius 2 is 2.04 bits per heavy atom. The number of carbonyl (C=O) groups excluding carboxylic acids is 3. The summed E-state index contributed by atoms with van der Waals surface area (Å²) in [7, 11) is 3.02. The summed E-state index contributed by atoms with van der Waals surface area (Å²) in [6, 6.07) is -1.05. The molecule has 25 heavy (non-hydrogen) atoms. The molecule has 0 radical (unpaired) electrons. The molecular weight excluding hydrogens is 322 g/mol. The van der Waals surface area contributed by atoms with Gasteiger partial charge in [-0.25, -0.2) is 4.79 Å². The number of hydrogen-bond acceptors (Lipinski definition) is 4. The van der Waals surface area contributed by atoms with Crippen molar-refractivity contribution in [3.05, 3.63) is 17.0 Å². The van der Waals surface area contributed by atoms with Crippen molar-refractivity contribution >= 4 is 17.8 Å². The first-order valence-electron chi connectivity index (χ1n) is 8.85. The van der Waals surface area contributed by atoms with Crippen molar-refractivity contribution in [3.63, 3.8) is 0 Å². The van der Waals surface area contributed by atoms with Gasteiger partial charge in [0.1, 0.15) is 6.04 Å². The first-order chi connectivity index (χ1) is 12.0. The lowest BCUT2D eigenvalue weighted by molar-refractivity contribution is -0.137. The van der Waals surface area contributed by atoms with Crippen molar-refractivity contribution in [2.45, 2.75) is 50.6 Å².